The molecule has 0 heterocycles. The fourth-order valence-corrected chi connectivity index (χ4v) is 2.42. The highest BCUT2D eigenvalue weighted by atomic mass is 14.2. The van der Waals surface area contributed by atoms with Gasteiger partial charge in [0, 0.05) is 0 Å². The van der Waals surface area contributed by atoms with Gasteiger partial charge in [0.25, 0.3) is 0 Å². The fourth-order valence-electron chi connectivity index (χ4n) is 2.42. The summed E-state index contributed by atoms with van der Waals surface area (Å²) < 4.78 is 0. The second kappa shape index (κ2) is 11.5. The topological polar surface area (TPSA) is 0 Å². The smallest absolute Gasteiger partial charge is 0.0386 e. The van der Waals surface area contributed by atoms with Crippen LogP contribution in [0.2, 0.25) is 0 Å². The molecule has 0 spiro atoms. The lowest BCUT2D eigenvalue weighted by Crippen LogP contribution is -2.04. The Morgan fingerprint density at radius 1 is 0.688 bits per heavy atom. The van der Waals surface area contributed by atoms with Gasteiger partial charge in [-0.25, -0.2) is 0 Å². The Hall–Kier alpha value is 0. The van der Waals surface area contributed by atoms with Gasteiger partial charge in [-0.15, -0.1) is 0 Å². The summed E-state index contributed by atoms with van der Waals surface area (Å²) in [6.45, 7) is 9.30. The minimum absolute atomic E-state index is 0.980. The molecule has 0 nitrogen and oxygen atoms in total. The highest BCUT2D eigenvalue weighted by molar-refractivity contribution is 4.68. The van der Waals surface area contributed by atoms with Crippen molar-refractivity contribution in [2.24, 2.45) is 11.8 Å². The summed E-state index contributed by atoms with van der Waals surface area (Å²) in [6, 6.07) is 0. The van der Waals surface area contributed by atoms with Crippen molar-refractivity contribution in [3.63, 3.8) is 0 Å². The molecule has 16 heavy (non-hydrogen) atoms. The molecular weight excluding hydrogens is 192 g/mol. The molecule has 0 bridgehead atoms. The zero-order valence-corrected chi connectivity index (χ0v) is 12.1. The van der Waals surface area contributed by atoms with Crippen molar-refractivity contribution >= 4 is 0 Å². The lowest BCUT2D eigenvalue weighted by atomic mass is 9.88. The molecule has 0 aromatic carbocycles. The molecule has 0 aromatic heterocycles. The van der Waals surface area contributed by atoms with Crippen LogP contribution in [0.5, 0.6) is 0 Å². The first-order valence-corrected chi connectivity index (χ1v) is 7.59. The molecule has 0 fully saturated rings. The van der Waals surface area contributed by atoms with Crippen molar-refractivity contribution in [2.45, 2.75) is 85.5 Å². The van der Waals surface area contributed by atoms with Crippen LogP contribution in [0.25, 0.3) is 0 Å². The Labute approximate surface area is 104 Å². The summed E-state index contributed by atoms with van der Waals surface area (Å²) in [6.07, 6.45) is 14.9. The molecule has 0 heteroatoms. The number of rotatable bonds is 11. The van der Waals surface area contributed by atoms with Crippen LogP contribution in [0.4, 0.5) is 0 Å². The van der Waals surface area contributed by atoms with Crippen LogP contribution in [-0.4, -0.2) is 0 Å². The summed E-state index contributed by atoms with van der Waals surface area (Å²) in [7, 11) is 0. The fraction of sp³-hybridized carbons (Fsp3) is 0.938. The Morgan fingerprint density at radius 3 is 1.75 bits per heavy atom. The second-order valence-electron chi connectivity index (χ2n) is 5.19. The van der Waals surface area contributed by atoms with Gasteiger partial charge >= 0.3 is 0 Å². The van der Waals surface area contributed by atoms with E-state index < -0.39 is 0 Å². The number of unbranched alkanes of at least 4 members (excludes halogenated alkanes) is 3. The van der Waals surface area contributed by atoms with Crippen LogP contribution < -0.4 is 0 Å². The third kappa shape index (κ3) is 8.19. The Kier molecular flexibility index (Phi) is 11.5. The molecule has 0 N–H and O–H groups in total. The van der Waals surface area contributed by atoms with E-state index in [1.165, 1.54) is 57.8 Å². The standard InChI is InChI=1S/C16H33/c1-5-9-10-11-12-16(8-4)14-13-15(6-2)7-3/h10,15-16H,5-9,11-14H2,1-4H3. The quantitative estimate of drug-likeness (QED) is 0.377. The zero-order chi connectivity index (χ0) is 12.2. The molecule has 0 amide bonds. The van der Waals surface area contributed by atoms with E-state index in [-0.39, 0.29) is 0 Å². The van der Waals surface area contributed by atoms with Crippen LogP contribution in [-0.2, 0) is 0 Å². The average molecular weight is 225 g/mol. The molecule has 0 aromatic rings. The number of hydrogen-bond donors (Lipinski definition) is 0. The maximum Gasteiger partial charge on any atom is -0.0386 e. The maximum atomic E-state index is 2.49. The van der Waals surface area contributed by atoms with Gasteiger partial charge in [-0.1, -0.05) is 79.1 Å². The van der Waals surface area contributed by atoms with Gasteiger partial charge in [0.1, 0.15) is 0 Å². The summed E-state index contributed by atoms with van der Waals surface area (Å²) in [4.78, 5) is 0. The molecule has 1 unspecified atom stereocenters. The zero-order valence-electron chi connectivity index (χ0n) is 12.1. The van der Waals surface area contributed by atoms with E-state index in [1.54, 1.807) is 0 Å². The normalized spacial score (nSPS) is 13.3. The molecule has 0 aliphatic heterocycles. The van der Waals surface area contributed by atoms with Crippen molar-refractivity contribution in [1.82, 2.24) is 0 Å². The average Bonchev–Trinajstić information content (AvgIpc) is 2.33. The Bertz CT molecular complexity index is 124. The van der Waals surface area contributed by atoms with Crippen LogP contribution >= 0.6 is 0 Å². The summed E-state index contributed by atoms with van der Waals surface area (Å²) in [5, 5.41) is 0. The van der Waals surface area contributed by atoms with Gasteiger partial charge < -0.3 is 0 Å². The van der Waals surface area contributed by atoms with Crippen molar-refractivity contribution in [3.8, 4) is 0 Å². The molecule has 1 radical (unpaired) electrons. The first-order chi connectivity index (χ1) is 7.78. The van der Waals surface area contributed by atoms with E-state index in [9.17, 15) is 0 Å². The predicted molar refractivity (Wildman–Crippen MR) is 75.5 cm³/mol. The molecule has 0 saturated heterocycles. The lowest BCUT2D eigenvalue weighted by Gasteiger charge is -2.18. The summed E-state index contributed by atoms with van der Waals surface area (Å²) in [5.74, 6) is 1.96. The van der Waals surface area contributed by atoms with Crippen LogP contribution in [0.3, 0.4) is 0 Å². The first-order valence-electron chi connectivity index (χ1n) is 7.59. The predicted octanol–water partition coefficient (Wildman–Crippen LogP) is 6.01. The van der Waals surface area contributed by atoms with E-state index in [4.69, 9.17) is 0 Å². The Balaban J connectivity index is 3.57. The minimum atomic E-state index is 0.980. The second-order valence-corrected chi connectivity index (χ2v) is 5.19. The molecule has 0 aliphatic carbocycles. The highest BCUT2D eigenvalue weighted by Gasteiger charge is 2.09. The SMILES string of the molecule is CCC[CH]CCC(CC)CCC(CC)CC. The monoisotopic (exact) mass is 225 g/mol. The highest BCUT2D eigenvalue weighted by Crippen LogP contribution is 2.24. The number of hydrogen-bond acceptors (Lipinski definition) is 0. The van der Waals surface area contributed by atoms with Gasteiger partial charge in [-0.2, -0.15) is 0 Å². The van der Waals surface area contributed by atoms with Gasteiger partial charge in [0.15, 0.2) is 0 Å². The van der Waals surface area contributed by atoms with Crippen molar-refractivity contribution in [2.75, 3.05) is 0 Å². The van der Waals surface area contributed by atoms with E-state index >= 15 is 0 Å². The van der Waals surface area contributed by atoms with Crippen molar-refractivity contribution < 1.29 is 0 Å². The summed E-state index contributed by atoms with van der Waals surface area (Å²) in [5.41, 5.74) is 0. The van der Waals surface area contributed by atoms with E-state index in [0.717, 1.165) is 11.8 Å². The van der Waals surface area contributed by atoms with Gasteiger partial charge in [-0.3, -0.25) is 0 Å². The van der Waals surface area contributed by atoms with E-state index in [0.29, 0.717) is 0 Å². The lowest BCUT2D eigenvalue weighted by molar-refractivity contribution is 0.354. The van der Waals surface area contributed by atoms with Crippen molar-refractivity contribution in [3.05, 3.63) is 6.42 Å². The van der Waals surface area contributed by atoms with Crippen molar-refractivity contribution in [1.29, 1.82) is 0 Å². The summed E-state index contributed by atoms with van der Waals surface area (Å²) >= 11 is 0. The molecule has 0 aliphatic rings. The van der Waals surface area contributed by atoms with E-state index in [1.807, 2.05) is 0 Å². The van der Waals surface area contributed by atoms with Gasteiger partial charge in [0.05, 0.1) is 0 Å². The molecular formula is C16H33. The molecule has 1 atom stereocenters. The van der Waals surface area contributed by atoms with Gasteiger partial charge in [-0.05, 0) is 24.7 Å². The third-order valence-corrected chi connectivity index (χ3v) is 3.99. The third-order valence-electron chi connectivity index (χ3n) is 3.99. The molecule has 0 saturated carbocycles. The van der Waals surface area contributed by atoms with Gasteiger partial charge in [0.2, 0.25) is 0 Å². The van der Waals surface area contributed by atoms with E-state index in [2.05, 4.69) is 34.1 Å². The first kappa shape index (κ1) is 16.0. The van der Waals surface area contributed by atoms with Crippen LogP contribution in [0, 0.1) is 18.3 Å². The van der Waals surface area contributed by atoms with Crippen LogP contribution in [0.1, 0.15) is 85.5 Å². The largest absolute Gasteiger partial charge is 0.0654 e. The molecule has 97 valence electrons. The van der Waals surface area contributed by atoms with Crippen LogP contribution in [0.15, 0.2) is 0 Å². The maximum absolute atomic E-state index is 2.49. The Morgan fingerprint density at radius 2 is 1.25 bits per heavy atom. The molecule has 0 rings (SSSR count). The minimum Gasteiger partial charge on any atom is -0.0654 e.